The van der Waals surface area contributed by atoms with Gasteiger partial charge in [0.05, 0.1) is 14.2 Å². The molecule has 18 heavy (non-hydrogen) atoms. The average molecular weight is 248 g/mol. The number of benzene rings is 1. The van der Waals surface area contributed by atoms with Crippen molar-refractivity contribution in [2.45, 2.75) is 39.5 Å². The summed E-state index contributed by atoms with van der Waals surface area (Å²) >= 11 is 0. The summed E-state index contributed by atoms with van der Waals surface area (Å²) in [4.78, 5) is 0. The zero-order valence-electron chi connectivity index (χ0n) is 12.0. The van der Waals surface area contributed by atoms with Gasteiger partial charge in [0.2, 0.25) is 0 Å². The largest absolute Gasteiger partial charge is 0.493 e. The van der Waals surface area contributed by atoms with Crippen LogP contribution in [0.15, 0.2) is 23.8 Å². The number of ether oxygens (including phenoxy) is 2. The first-order valence-corrected chi connectivity index (χ1v) is 6.60. The standard InChI is InChI=1S/C16H24O2/c1-5-6-7-8-13(2)11-14-9-10-15(17-3)16(12-14)18-4/h9-12H,5-8H2,1-4H3/b13-11+. The van der Waals surface area contributed by atoms with Crippen LogP contribution in [-0.4, -0.2) is 14.2 Å². The van der Waals surface area contributed by atoms with Gasteiger partial charge in [-0.2, -0.15) is 0 Å². The molecule has 1 rings (SSSR count). The molecule has 0 saturated heterocycles. The Morgan fingerprint density at radius 1 is 1.11 bits per heavy atom. The summed E-state index contributed by atoms with van der Waals surface area (Å²) in [6.45, 7) is 4.42. The molecule has 0 saturated carbocycles. The van der Waals surface area contributed by atoms with E-state index in [1.54, 1.807) is 14.2 Å². The zero-order chi connectivity index (χ0) is 13.4. The highest BCUT2D eigenvalue weighted by atomic mass is 16.5. The second-order valence-electron chi connectivity index (χ2n) is 4.56. The molecule has 0 amide bonds. The Labute approximate surface area is 111 Å². The lowest BCUT2D eigenvalue weighted by Crippen LogP contribution is -1.90. The third kappa shape index (κ3) is 4.44. The Kier molecular flexibility index (Phi) is 6.34. The molecule has 0 aliphatic carbocycles. The molecule has 0 bridgehead atoms. The number of unbranched alkanes of at least 4 members (excludes halogenated alkanes) is 2. The molecule has 100 valence electrons. The van der Waals surface area contributed by atoms with E-state index in [0.717, 1.165) is 11.5 Å². The number of methoxy groups -OCH3 is 2. The lowest BCUT2D eigenvalue weighted by Gasteiger charge is -2.08. The van der Waals surface area contributed by atoms with Crippen LogP contribution in [0.25, 0.3) is 6.08 Å². The Balaban J connectivity index is 2.74. The fourth-order valence-electron chi connectivity index (χ4n) is 1.95. The van der Waals surface area contributed by atoms with E-state index in [9.17, 15) is 0 Å². The summed E-state index contributed by atoms with van der Waals surface area (Å²) < 4.78 is 10.5. The van der Waals surface area contributed by atoms with Gasteiger partial charge < -0.3 is 9.47 Å². The zero-order valence-corrected chi connectivity index (χ0v) is 12.0. The van der Waals surface area contributed by atoms with Crippen LogP contribution in [0.4, 0.5) is 0 Å². The van der Waals surface area contributed by atoms with Crippen molar-refractivity contribution in [3.8, 4) is 11.5 Å². The fraction of sp³-hybridized carbons (Fsp3) is 0.500. The third-order valence-corrected chi connectivity index (χ3v) is 3.00. The van der Waals surface area contributed by atoms with Crippen molar-refractivity contribution < 1.29 is 9.47 Å². The maximum atomic E-state index is 5.30. The molecule has 2 nitrogen and oxygen atoms in total. The number of allylic oxidation sites excluding steroid dienone is 1. The van der Waals surface area contributed by atoms with Crippen LogP contribution >= 0.6 is 0 Å². The van der Waals surface area contributed by atoms with Gasteiger partial charge in [0.1, 0.15) is 0 Å². The molecule has 0 heterocycles. The molecule has 0 N–H and O–H groups in total. The van der Waals surface area contributed by atoms with Crippen LogP contribution in [0, 0.1) is 0 Å². The van der Waals surface area contributed by atoms with Crippen molar-refractivity contribution in [1.82, 2.24) is 0 Å². The molecule has 0 radical (unpaired) electrons. The average Bonchev–Trinajstić information content (AvgIpc) is 2.39. The maximum Gasteiger partial charge on any atom is 0.161 e. The van der Waals surface area contributed by atoms with Gasteiger partial charge in [-0.15, -0.1) is 0 Å². The molecule has 0 spiro atoms. The van der Waals surface area contributed by atoms with Crippen LogP contribution in [0.2, 0.25) is 0 Å². The van der Waals surface area contributed by atoms with E-state index >= 15 is 0 Å². The predicted octanol–water partition coefficient (Wildman–Crippen LogP) is 4.69. The molecule has 1 aromatic carbocycles. The first-order valence-electron chi connectivity index (χ1n) is 6.60. The minimum Gasteiger partial charge on any atom is -0.493 e. The first-order chi connectivity index (χ1) is 8.71. The molecule has 0 atom stereocenters. The molecule has 0 fully saturated rings. The molecule has 1 aromatic rings. The van der Waals surface area contributed by atoms with Gasteiger partial charge in [-0.3, -0.25) is 0 Å². The lowest BCUT2D eigenvalue weighted by atomic mass is 10.1. The van der Waals surface area contributed by atoms with Crippen molar-refractivity contribution in [3.63, 3.8) is 0 Å². The van der Waals surface area contributed by atoms with Crippen LogP contribution in [0.3, 0.4) is 0 Å². The predicted molar refractivity (Wildman–Crippen MR) is 77.3 cm³/mol. The van der Waals surface area contributed by atoms with Crippen LogP contribution in [0.1, 0.15) is 45.1 Å². The van der Waals surface area contributed by atoms with Gasteiger partial charge in [-0.05, 0) is 37.5 Å². The third-order valence-electron chi connectivity index (χ3n) is 3.00. The number of rotatable bonds is 7. The van der Waals surface area contributed by atoms with Crippen molar-refractivity contribution in [2.75, 3.05) is 14.2 Å². The van der Waals surface area contributed by atoms with E-state index in [1.807, 2.05) is 12.1 Å². The van der Waals surface area contributed by atoms with Crippen LogP contribution in [-0.2, 0) is 0 Å². The Bertz CT molecular complexity index is 394. The van der Waals surface area contributed by atoms with E-state index in [0.29, 0.717) is 0 Å². The SMILES string of the molecule is CCCCC/C(C)=C/c1ccc(OC)c(OC)c1. The molecular formula is C16H24O2. The Morgan fingerprint density at radius 3 is 2.44 bits per heavy atom. The van der Waals surface area contributed by atoms with Crippen LogP contribution < -0.4 is 9.47 Å². The summed E-state index contributed by atoms with van der Waals surface area (Å²) in [6, 6.07) is 6.02. The second kappa shape index (κ2) is 7.80. The van der Waals surface area contributed by atoms with Crippen LogP contribution in [0.5, 0.6) is 11.5 Å². The summed E-state index contributed by atoms with van der Waals surface area (Å²) in [5.74, 6) is 1.56. The maximum absolute atomic E-state index is 5.30. The van der Waals surface area contributed by atoms with Gasteiger partial charge in [0, 0.05) is 0 Å². The topological polar surface area (TPSA) is 18.5 Å². The summed E-state index contributed by atoms with van der Waals surface area (Å²) in [5, 5.41) is 0. The summed E-state index contributed by atoms with van der Waals surface area (Å²) in [7, 11) is 3.32. The number of hydrogen-bond donors (Lipinski definition) is 0. The van der Waals surface area contributed by atoms with Gasteiger partial charge >= 0.3 is 0 Å². The van der Waals surface area contributed by atoms with Gasteiger partial charge in [0.25, 0.3) is 0 Å². The minimum absolute atomic E-state index is 0.776. The summed E-state index contributed by atoms with van der Waals surface area (Å²) in [6.07, 6.45) is 7.23. The minimum atomic E-state index is 0.776. The fourth-order valence-corrected chi connectivity index (χ4v) is 1.95. The van der Waals surface area contributed by atoms with Crippen molar-refractivity contribution in [1.29, 1.82) is 0 Å². The highest BCUT2D eigenvalue weighted by Crippen LogP contribution is 2.28. The Morgan fingerprint density at radius 2 is 1.83 bits per heavy atom. The van der Waals surface area contributed by atoms with Crippen molar-refractivity contribution >= 4 is 6.08 Å². The molecule has 0 aliphatic rings. The molecular weight excluding hydrogens is 224 g/mol. The van der Waals surface area contributed by atoms with E-state index < -0.39 is 0 Å². The molecule has 0 aromatic heterocycles. The lowest BCUT2D eigenvalue weighted by molar-refractivity contribution is 0.355. The number of hydrogen-bond acceptors (Lipinski definition) is 2. The van der Waals surface area contributed by atoms with Gasteiger partial charge in [-0.25, -0.2) is 0 Å². The monoisotopic (exact) mass is 248 g/mol. The normalized spacial score (nSPS) is 11.4. The van der Waals surface area contributed by atoms with E-state index in [1.165, 1.54) is 36.8 Å². The molecule has 0 aliphatic heterocycles. The molecule has 0 unspecified atom stereocenters. The highest BCUT2D eigenvalue weighted by Gasteiger charge is 2.03. The highest BCUT2D eigenvalue weighted by molar-refractivity contribution is 5.57. The Hall–Kier alpha value is -1.44. The van der Waals surface area contributed by atoms with E-state index in [-0.39, 0.29) is 0 Å². The second-order valence-corrected chi connectivity index (χ2v) is 4.56. The van der Waals surface area contributed by atoms with E-state index in [4.69, 9.17) is 9.47 Å². The molecule has 2 heteroatoms. The van der Waals surface area contributed by atoms with E-state index in [2.05, 4.69) is 26.0 Å². The summed E-state index contributed by atoms with van der Waals surface area (Å²) in [5.41, 5.74) is 2.58. The van der Waals surface area contributed by atoms with Gasteiger partial charge in [-0.1, -0.05) is 37.5 Å². The van der Waals surface area contributed by atoms with Crippen molar-refractivity contribution in [3.05, 3.63) is 29.3 Å². The smallest absolute Gasteiger partial charge is 0.161 e. The first kappa shape index (κ1) is 14.6. The van der Waals surface area contributed by atoms with Crippen molar-refractivity contribution in [2.24, 2.45) is 0 Å². The quantitative estimate of drug-likeness (QED) is 0.652. The van der Waals surface area contributed by atoms with Gasteiger partial charge in [0.15, 0.2) is 11.5 Å².